The molecule has 8 heteroatoms. The first-order valence-corrected chi connectivity index (χ1v) is 7.14. The number of amides is 3. The molecule has 0 unspecified atom stereocenters. The summed E-state index contributed by atoms with van der Waals surface area (Å²) in [5, 5.41) is 0. The molecule has 7 nitrogen and oxygen atoms in total. The second-order valence-electron chi connectivity index (χ2n) is 5.18. The van der Waals surface area contributed by atoms with Crippen LogP contribution in [0, 0.1) is 5.82 Å². The summed E-state index contributed by atoms with van der Waals surface area (Å²) in [6.07, 6.45) is 0. The zero-order valence-electron chi connectivity index (χ0n) is 13.3. The van der Waals surface area contributed by atoms with Crippen LogP contribution in [0.5, 0.6) is 11.5 Å². The van der Waals surface area contributed by atoms with Crippen molar-refractivity contribution in [2.75, 3.05) is 19.1 Å². The number of methoxy groups -OCH3 is 2. The predicted octanol–water partition coefficient (Wildman–Crippen LogP) is 1.74. The maximum absolute atomic E-state index is 15.0. The molecule has 1 aliphatic heterocycles. The number of halogens is 1. The quantitative estimate of drug-likeness (QED) is 0.852. The van der Waals surface area contributed by atoms with E-state index in [4.69, 9.17) is 15.2 Å². The fraction of sp³-hybridized carbons (Fsp3) is 0.118. The van der Waals surface area contributed by atoms with Gasteiger partial charge in [0, 0.05) is 0 Å². The lowest BCUT2D eigenvalue weighted by molar-refractivity contribution is 0.0924. The summed E-state index contributed by atoms with van der Waals surface area (Å²) in [5.41, 5.74) is 4.60. The number of carbonyl (C=O) groups excluding carboxylic acids is 3. The van der Waals surface area contributed by atoms with Crippen molar-refractivity contribution < 1.29 is 28.2 Å². The van der Waals surface area contributed by atoms with Gasteiger partial charge in [0.15, 0.2) is 17.3 Å². The number of anilines is 1. The Bertz CT molecular complexity index is 890. The van der Waals surface area contributed by atoms with Crippen molar-refractivity contribution in [3.63, 3.8) is 0 Å². The first-order chi connectivity index (χ1) is 11.9. The van der Waals surface area contributed by atoms with Gasteiger partial charge in [0.1, 0.15) is 5.69 Å². The lowest BCUT2D eigenvalue weighted by Crippen LogP contribution is -2.33. The molecule has 2 aromatic rings. The average Bonchev–Trinajstić information content (AvgIpc) is 2.85. The molecule has 0 radical (unpaired) electrons. The first-order valence-electron chi connectivity index (χ1n) is 7.14. The monoisotopic (exact) mass is 344 g/mol. The Morgan fingerprint density at radius 1 is 1.08 bits per heavy atom. The van der Waals surface area contributed by atoms with E-state index in [1.54, 1.807) is 12.1 Å². The number of ether oxygens (including phenoxy) is 2. The van der Waals surface area contributed by atoms with Crippen LogP contribution >= 0.6 is 0 Å². The molecule has 3 rings (SSSR count). The number of nitrogens with zero attached hydrogens (tertiary/aromatic N) is 1. The molecule has 0 saturated heterocycles. The molecule has 0 fully saturated rings. The van der Waals surface area contributed by atoms with E-state index in [2.05, 4.69) is 0 Å². The van der Waals surface area contributed by atoms with Gasteiger partial charge in [-0.1, -0.05) is 12.1 Å². The zero-order chi connectivity index (χ0) is 18.3. The standard InChI is InChI=1S/C17H13FN2O5/c1-24-11-7-10(15(19)21)13(12(18)14(11)25-2)20-16(22)8-5-3-4-6-9(8)17(20)23/h3-7H,1-2H3,(H2,19,21). The smallest absolute Gasteiger partial charge is 0.266 e. The molecule has 2 aromatic carbocycles. The van der Waals surface area contributed by atoms with Crippen molar-refractivity contribution in [3.8, 4) is 11.5 Å². The molecular weight excluding hydrogens is 331 g/mol. The normalized spacial score (nSPS) is 13.0. The number of rotatable bonds is 4. The van der Waals surface area contributed by atoms with Gasteiger partial charge in [-0.15, -0.1) is 0 Å². The minimum atomic E-state index is -1.09. The number of fused-ring (bicyclic) bond motifs is 1. The molecule has 25 heavy (non-hydrogen) atoms. The summed E-state index contributed by atoms with van der Waals surface area (Å²) in [7, 11) is 2.45. The summed E-state index contributed by atoms with van der Waals surface area (Å²) in [5.74, 6) is -4.06. The van der Waals surface area contributed by atoms with Crippen LogP contribution < -0.4 is 20.1 Å². The van der Waals surface area contributed by atoms with Crippen LogP contribution in [0.25, 0.3) is 0 Å². The Balaban J connectivity index is 2.29. The highest BCUT2D eigenvalue weighted by Gasteiger charge is 2.41. The van der Waals surface area contributed by atoms with Crippen molar-refractivity contribution in [2.45, 2.75) is 0 Å². The third kappa shape index (κ3) is 2.30. The third-order valence-corrected chi connectivity index (χ3v) is 3.87. The number of hydrogen-bond donors (Lipinski definition) is 1. The maximum Gasteiger partial charge on any atom is 0.266 e. The fourth-order valence-corrected chi connectivity index (χ4v) is 2.74. The maximum atomic E-state index is 15.0. The topological polar surface area (TPSA) is 98.9 Å². The van der Waals surface area contributed by atoms with Gasteiger partial charge in [-0.2, -0.15) is 0 Å². The molecule has 2 N–H and O–H groups in total. The molecular formula is C17H13FN2O5. The summed E-state index contributed by atoms with van der Waals surface area (Å²) >= 11 is 0. The second-order valence-corrected chi connectivity index (χ2v) is 5.18. The van der Waals surface area contributed by atoms with Crippen LogP contribution in [0.4, 0.5) is 10.1 Å². The Morgan fingerprint density at radius 3 is 2.08 bits per heavy atom. The van der Waals surface area contributed by atoms with E-state index in [0.717, 1.165) is 6.07 Å². The van der Waals surface area contributed by atoms with Gasteiger partial charge in [0.25, 0.3) is 17.7 Å². The second kappa shape index (κ2) is 5.90. The highest BCUT2D eigenvalue weighted by atomic mass is 19.1. The number of imide groups is 1. The lowest BCUT2D eigenvalue weighted by atomic mass is 10.1. The van der Waals surface area contributed by atoms with Crippen LogP contribution in [0.2, 0.25) is 0 Å². The molecule has 0 aromatic heterocycles. The average molecular weight is 344 g/mol. The van der Waals surface area contributed by atoms with E-state index in [9.17, 15) is 14.4 Å². The van der Waals surface area contributed by atoms with E-state index in [1.165, 1.54) is 26.4 Å². The SMILES string of the molecule is COc1cc(C(N)=O)c(N2C(=O)c3ccccc3C2=O)c(F)c1OC. The molecule has 0 bridgehead atoms. The van der Waals surface area contributed by atoms with Gasteiger partial charge in [-0.25, -0.2) is 9.29 Å². The van der Waals surface area contributed by atoms with E-state index in [1.807, 2.05) is 0 Å². The largest absolute Gasteiger partial charge is 0.493 e. The van der Waals surface area contributed by atoms with Crippen molar-refractivity contribution in [3.05, 3.63) is 52.8 Å². The van der Waals surface area contributed by atoms with E-state index < -0.39 is 29.2 Å². The molecule has 0 saturated carbocycles. The van der Waals surface area contributed by atoms with Crippen molar-refractivity contribution in [1.82, 2.24) is 0 Å². The molecule has 1 heterocycles. The molecule has 0 aliphatic carbocycles. The zero-order valence-corrected chi connectivity index (χ0v) is 13.3. The molecule has 0 spiro atoms. The van der Waals surface area contributed by atoms with Crippen molar-refractivity contribution in [1.29, 1.82) is 0 Å². The van der Waals surface area contributed by atoms with Crippen LogP contribution in [-0.4, -0.2) is 31.9 Å². The molecule has 128 valence electrons. The van der Waals surface area contributed by atoms with Gasteiger partial charge in [-0.3, -0.25) is 14.4 Å². The van der Waals surface area contributed by atoms with Crippen molar-refractivity contribution in [2.24, 2.45) is 5.73 Å². The fourth-order valence-electron chi connectivity index (χ4n) is 2.74. The first kappa shape index (κ1) is 16.4. The number of carbonyl (C=O) groups is 3. The van der Waals surface area contributed by atoms with Crippen molar-refractivity contribution >= 4 is 23.4 Å². The lowest BCUT2D eigenvalue weighted by Gasteiger charge is -2.20. The minimum absolute atomic E-state index is 0.0887. The highest BCUT2D eigenvalue weighted by Crippen LogP contribution is 2.41. The van der Waals surface area contributed by atoms with Gasteiger partial charge in [0.05, 0.1) is 30.9 Å². The Hall–Kier alpha value is -3.42. The van der Waals surface area contributed by atoms with Crippen LogP contribution in [-0.2, 0) is 0 Å². The van der Waals surface area contributed by atoms with Crippen LogP contribution in [0.1, 0.15) is 31.1 Å². The van der Waals surface area contributed by atoms with Gasteiger partial charge >= 0.3 is 0 Å². The summed E-state index contributed by atoms with van der Waals surface area (Å²) in [6.45, 7) is 0. The predicted molar refractivity (Wildman–Crippen MR) is 85.6 cm³/mol. The third-order valence-electron chi connectivity index (χ3n) is 3.87. The van der Waals surface area contributed by atoms with Crippen LogP contribution in [0.3, 0.4) is 0 Å². The van der Waals surface area contributed by atoms with Gasteiger partial charge in [0.2, 0.25) is 0 Å². The number of primary amides is 1. The summed E-state index contributed by atoms with van der Waals surface area (Å²) < 4.78 is 24.9. The Labute approximate surface area is 141 Å². The summed E-state index contributed by atoms with van der Waals surface area (Å²) in [4.78, 5) is 37.6. The highest BCUT2D eigenvalue weighted by molar-refractivity contribution is 6.35. The molecule has 3 amide bonds. The van der Waals surface area contributed by atoms with E-state index >= 15 is 4.39 Å². The Morgan fingerprint density at radius 2 is 1.64 bits per heavy atom. The Kier molecular flexibility index (Phi) is 3.88. The molecule has 0 atom stereocenters. The number of hydrogen-bond acceptors (Lipinski definition) is 5. The molecule has 1 aliphatic rings. The van der Waals surface area contributed by atoms with Crippen LogP contribution in [0.15, 0.2) is 30.3 Å². The number of nitrogens with two attached hydrogens (primary N) is 1. The van der Waals surface area contributed by atoms with Gasteiger partial charge < -0.3 is 15.2 Å². The van der Waals surface area contributed by atoms with Gasteiger partial charge in [-0.05, 0) is 18.2 Å². The number of benzene rings is 2. The summed E-state index contributed by atoms with van der Waals surface area (Å²) in [6, 6.07) is 7.17. The minimum Gasteiger partial charge on any atom is -0.493 e. The van der Waals surface area contributed by atoms with E-state index in [0.29, 0.717) is 4.90 Å². The van der Waals surface area contributed by atoms with E-state index in [-0.39, 0.29) is 28.2 Å².